The van der Waals surface area contributed by atoms with E-state index in [1.807, 2.05) is 31.2 Å². The normalized spacial score (nSPS) is 11.5. The molecule has 0 aliphatic carbocycles. The van der Waals surface area contributed by atoms with Gasteiger partial charge in [0, 0.05) is 12.1 Å². The number of nitrogens with two attached hydrogens (primary N) is 1. The Morgan fingerprint density at radius 3 is 2.35 bits per heavy atom. The zero-order valence-electron chi connectivity index (χ0n) is 11.5. The number of benzene rings is 2. The van der Waals surface area contributed by atoms with Gasteiger partial charge >= 0.3 is 0 Å². The molecule has 2 N–H and O–H groups in total. The minimum Gasteiger partial charge on any atom is -0.493 e. The first-order chi connectivity index (χ1) is 9.63. The second-order valence-electron chi connectivity index (χ2n) is 4.44. The van der Waals surface area contributed by atoms with Crippen molar-refractivity contribution in [3.05, 3.63) is 53.6 Å². The highest BCUT2D eigenvalue weighted by Gasteiger charge is 2.07. The summed E-state index contributed by atoms with van der Waals surface area (Å²) >= 11 is 0. The smallest absolute Gasteiger partial charge is 0.169 e. The van der Waals surface area contributed by atoms with Crippen LogP contribution in [0.25, 0.3) is 0 Å². The summed E-state index contributed by atoms with van der Waals surface area (Å²) in [5, 5.41) is 8.86. The summed E-state index contributed by atoms with van der Waals surface area (Å²) in [5.41, 5.74) is 7.38. The molecule has 1 atom stereocenters. The van der Waals surface area contributed by atoms with Crippen molar-refractivity contribution in [3.63, 3.8) is 0 Å². The summed E-state index contributed by atoms with van der Waals surface area (Å²) < 4.78 is 11.0. The quantitative estimate of drug-likeness (QED) is 0.923. The highest BCUT2D eigenvalue weighted by molar-refractivity contribution is 5.48. The summed E-state index contributed by atoms with van der Waals surface area (Å²) in [5.74, 6) is 1.79. The van der Waals surface area contributed by atoms with Gasteiger partial charge in [0.2, 0.25) is 0 Å². The lowest BCUT2D eigenvalue weighted by Crippen LogP contribution is -2.04. The molecular formula is C16H16N2O2. The molecule has 20 heavy (non-hydrogen) atoms. The third-order valence-corrected chi connectivity index (χ3v) is 2.93. The first-order valence-electron chi connectivity index (χ1n) is 6.25. The monoisotopic (exact) mass is 268 g/mol. The van der Waals surface area contributed by atoms with Gasteiger partial charge in [-0.2, -0.15) is 5.26 Å². The highest BCUT2D eigenvalue weighted by atomic mass is 16.5. The minimum absolute atomic E-state index is 0.00602. The third-order valence-electron chi connectivity index (χ3n) is 2.93. The Hall–Kier alpha value is -2.51. The molecule has 0 aliphatic heterocycles. The van der Waals surface area contributed by atoms with Crippen LogP contribution in [-0.2, 0) is 0 Å². The minimum atomic E-state index is -0.00602. The molecule has 0 radical (unpaired) electrons. The van der Waals surface area contributed by atoms with Gasteiger partial charge in [0.25, 0.3) is 0 Å². The van der Waals surface area contributed by atoms with Gasteiger partial charge in [-0.3, -0.25) is 0 Å². The van der Waals surface area contributed by atoms with E-state index in [9.17, 15) is 0 Å². The van der Waals surface area contributed by atoms with Crippen LogP contribution in [0.1, 0.15) is 24.1 Å². The van der Waals surface area contributed by atoms with E-state index in [1.54, 1.807) is 25.3 Å². The lowest BCUT2D eigenvalue weighted by atomic mass is 10.1. The lowest BCUT2D eigenvalue weighted by molar-refractivity contribution is 0.378. The maximum atomic E-state index is 8.86. The topological polar surface area (TPSA) is 68.3 Å². The summed E-state index contributed by atoms with van der Waals surface area (Å²) in [7, 11) is 1.54. The van der Waals surface area contributed by atoms with Gasteiger partial charge in [0.05, 0.1) is 18.7 Å². The van der Waals surface area contributed by atoms with Crippen LogP contribution in [0.2, 0.25) is 0 Å². The van der Waals surface area contributed by atoms with Crippen molar-refractivity contribution in [1.29, 1.82) is 5.26 Å². The van der Waals surface area contributed by atoms with Crippen LogP contribution in [0, 0.1) is 11.3 Å². The Labute approximate surface area is 118 Å². The van der Waals surface area contributed by atoms with Gasteiger partial charge in [0.15, 0.2) is 11.5 Å². The maximum Gasteiger partial charge on any atom is 0.169 e. The molecule has 0 bridgehead atoms. The molecular weight excluding hydrogens is 252 g/mol. The standard InChI is InChI=1S/C16H16N2O2/c1-11(18)13-4-6-14(7-5-13)20-15-8-3-12(10-17)9-16(15)19-2/h3-9,11H,18H2,1-2H3/t11-/m1/s1. The highest BCUT2D eigenvalue weighted by Crippen LogP contribution is 2.32. The number of nitriles is 1. The van der Waals surface area contributed by atoms with E-state index >= 15 is 0 Å². The molecule has 0 aromatic heterocycles. The molecule has 0 saturated carbocycles. The number of hydrogen-bond acceptors (Lipinski definition) is 4. The van der Waals surface area contributed by atoms with Crippen molar-refractivity contribution in [2.75, 3.05) is 7.11 Å². The fraction of sp³-hybridized carbons (Fsp3) is 0.188. The maximum absolute atomic E-state index is 8.86. The van der Waals surface area contributed by atoms with Gasteiger partial charge in [0.1, 0.15) is 5.75 Å². The molecule has 102 valence electrons. The molecule has 4 heteroatoms. The molecule has 2 aromatic rings. The van der Waals surface area contributed by atoms with E-state index in [4.69, 9.17) is 20.5 Å². The van der Waals surface area contributed by atoms with E-state index in [0.29, 0.717) is 22.8 Å². The first-order valence-corrected chi connectivity index (χ1v) is 6.25. The average molecular weight is 268 g/mol. The Kier molecular flexibility index (Phi) is 4.24. The largest absolute Gasteiger partial charge is 0.493 e. The van der Waals surface area contributed by atoms with Crippen molar-refractivity contribution >= 4 is 0 Å². The Bertz CT molecular complexity index is 628. The van der Waals surface area contributed by atoms with Crippen molar-refractivity contribution in [2.45, 2.75) is 13.0 Å². The van der Waals surface area contributed by atoms with E-state index in [1.165, 1.54) is 0 Å². The van der Waals surface area contributed by atoms with Gasteiger partial charge in [-0.25, -0.2) is 0 Å². The molecule has 0 saturated heterocycles. The van der Waals surface area contributed by atoms with Crippen molar-refractivity contribution in [1.82, 2.24) is 0 Å². The summed E-state index contributed by atoms with van der Waals surface area (Å²) in [4.78, 5) is 0. The van der Waals surface area contributed by atoms with E-state index in [-0.39, 0.29) is 6.04 Å². The van der Waals surface area contributed by atoms with Crippen LogP contribution in [0.15, 0.2) is 42.5 Å². The van der Waals surface area contributed by atoms with Gasteiger partial charge < -0.3 is 15.2 Å². The fourth-order valence-corrected chi connectivity index (χ4v) is 1.79. The zero-order valence-corrected chi connectivity index (χ0v) is 11.5. The van der Waals surface area contributed by atoms with Crippen LogP contribution in [0.5, 0.6) is 17.2 Å². The van der Waals surface area contributed by atoms with Crippen LogP contribution in [0.3, 0.4) is 0 Å². The zero-order chi connectivity index (χ0) is 14.5. The van der Waals surface area contributed by atoms with Crippen LogP contribution in [-0.4, -0.2) is 7.11 Å². The number of rotatable bonds is 4. The van der Waals surface area contributed by atoms with Crippen molar-refractivity contribution in [2.24, 2.45) is 5.73 Å². The Balaban J connectivity index is 2.23. The summed E-state index contributed by atoms with van der Waals surface area (Å²) in [6.07, 6.45) is 0. The van der Waals surface area contributed by atoms with E-state index < -0.39 is 0 Å². The molecule has 2 aromatic carbocycles. The molecule has 0 unspecified atom stereocenters. The predicted octanol–water partition coefficient (Wildman–Crippen LogP) is 3.38. The van der Waals surface area contributed by atoms with Gasteiger partial charge in [-0.05, 0) is 36.8 Å². The average Bonchev–Trinajstić information content (AvgIpc) is 2.48. The molecule has 0 amide bonds. The lowest BCUT2D eigenvalue weighted by Gasteiger charge is -2.11. The Morgan fingerprint density at radius 1 is 1.10 bits per heavy atom. The fourth-order valence-electron chi connectivity index (χ4n) is 1.79. The van der Waals surface area contributed by atoms with Crippen LogP contribution >= 0.6 is 0 Å². The van der Waals surface area contributed by atoms with E-state index in [0.717, 1.165) is 5.56 Å². The second kappa shape index (κ2) is 6.09. The Morgan fingerprint density at radius 2 is 1.80 bits per heavy atom. The SMILES string of the molecule is COc1cc(C#N)ccc1Oc1ccc([C@@H](C)N)cc1. The number of hydrogen-bond donors (Lipinski definition) is 1. The molecule has 0 heterocycles. The summed E-state index contributed by atoms with van der Waals surface area (Å²) in [6, 6.07) is 14.7. The third kappa shape index (κ3) is 3.08. The summed E-state index contributed by atoms with van der Waals surface area (Å²) in [6.45, 7) is 1.93. The molecule has 0 aliphatic rings. The second-order valence-corrected chi connectivity index (χ2v) is 4.44. The number of ether oxygens (including phenoxy) is 2. The van der Waals surface area contributed by atoms with Gasteiger partial charge in [-0.15, -0.1) is 0 Å². The van der Waals surface area contributed by atoms with E-state index in [2.05, 4.69) is 6.07 Å². The van der Waals surface area contributed by atoms with Crippen LogP contribution < -0.4 is 15.2 Å². The predicted molar refractivity (Wildman–Crippen MR) is 76.8 cm³/mol. The molecule has 0 spiro atoms. The molecule has 2 rings (SSSR count). The van der Waals surface area contributed by atoms with Gasteiger partial charge in [-0.1, -0.05) is 12.1 Å². The van der Waals surface area contributed by atoms with Crippen molar-refractivity contribution < 1.29 is 9.47 Å². The molecule has 4 nitrogen and oxygen atoms in total. The number of methoxy groups -OCH3 is 1. The van der Waals surface area contributed by atoms with Crippen molar-refractivity contribution in [3.8, 4) is 23.3 Å². The molecule has 0 fully saturated rings. The number of nitrogens with zero attached hydrogens (tertiary/aromatic N) is 1. The first kappa shape index (κ1) is 13.9. The van der Waals surface area contributed by atoms with Crippen LogP contribution in [0.4, 0.5) is 0 Å².